The molecule has 4 heteroatoms. The zero-order chi connectivity index (χ0) is 11.4. The fraction of sp³-hybridized carbons (Fsp3) is 0.455. The molecule has 0 amide bonds. The number of hydrogen-bond acceptors (Lipinski definition) is 2. The Balaban J connectivity index is 3.03. The average Bonchev–Trinajstić information content (AvgIpc) is 2.17. The maximum Gasteiger partial charge on any atom is 0.140 e. The summed E-state index contributed by atoms with van der Waals surface area (Å²) in [4.78, 5) is 0. The number of benzene rings is 1. The van der Waals surface area contributed by atoms with Gasteiger partial charge in [-0.2, -0.15) is 0 Å². The number of methoxy groups -OCH3 is 1. The van der Waals surface area contributed by atoms with E-state index >= 15 is 0 Å². The fourth-order valence-electron chi connectivity index (χ4n) is 1.42. The molecular formula is C11H15Cl2NO. The molecule has 0 bridgehead atoms. The Hall–Kier alpha value is -0.440. The number of nitrogens with two attached hydrogens (primary N) is 1. The van der Waals surface area contributed by atoms with Crippen molar-refractivity contribution in [2.24, 2.45) is 5.73 Å². The first-order valence-corrected chi connectivity index (χ1v) is 5.61. The molecule has 1 atom stereocenters. The van der Waals surface area contributed by atoms with E-state index in [2.05, 4.69) is 0 Å². The minimum atomic E-state index is 0.105. The van der Waals surface area contributed by atoms with Gasteiger partial charge in [-0.1, -0.05) is 30.1 Å². The maximum atomic E-state index is 6.01. The van der Waals surface area contributed by atoms with E-state index < -0.39 is 0 Å². The van der Waals surface area contributed by atoms with Crippen molar-refractivity contribution in [1.82, 2.24) is 0 Å². The predicted octanol–water partition coefficient (Wildman–Crippen LogP) is 3.28. The molecule has 0 aliphatic rings. The molecule has 1 aromatic rings. The van der Waals surface area contributed by atoms with Crippen LogP contribution in [0.1, 0.15) is 18.9 Å². The highest BCUT2D eigenvalue weighted by Crippen LogP contribution is 2.32. The normalized spacial score (nSPS) is 12.6. The Morgan fingerprint density at radius 2 is 2.07 bits per heavy atom. The highest BCUT2D eigenvalue weighted by molar-refractivity contribution is 6.35. The van der Waals surface area contributed by atoms with Crippen molar-refractivity contribution in [3.63, 3.8) is 0 Å². The van der Waals surface area contributed by atoms with E-state index in [1.165, 1.54) is 0 Å². The number of rotatable bonds is 4. The summed E-state index contributed by atoms with van der Waals surface area (Å²) in [7, 11) is 1.59. The van der Waals surface area contributed by atoms with Crippen LogP contribution in [0.3, 0.4) is 0 Å². The highest BCUT2D eigenvalue weighted by Gasteiger charge is 2.12. The monoisotopic (exact) mass is 247 g/mol. The van der Waals surface area contributed by atoms with Gasteiger partial charge in [-0.15, -0.1) is 0 Å². The van der Waals surface area contributed by atoms with E-state index in [4.69, 9.17) is 33.7 Å². The molecule has 0 aliphatic heterocycles. The maximum absolute atomic E-state index is 6.01. The van der Waals surface area contributed by atoms with Gasteiger partial charge in [0.25, 0.3) is 0 Å². The topological polar surface area (TPSA) is 35.2 Å². The molecule has 0 radical (unpaired) electrons. The lowest BCUT2D eigenvalue weighted by atomic mass is 10.0. The van der Waals surface area contributed by atoms with Gasteiger partial charge < -0.3 is 10.5 Å². The molecule has 0 saturated carbocycles. The van der Waals surface area contributed by atoms with E-state index in [9.17, 15) is 0 Å². The van der Waals surface area contributed by atoms with Crippen molar-refractivity contribution in [3.8, 4) is 5.75 Å². The van der Waals surface area contributed by atoms with Crippen LogP contribution in [0.25, 0.3) is 0 Å². The van der Waals surface area contributed by atoms with Crippen molar-refractivity contribution < 1.29 is 4.74 Å². The summed E-state index contributed by atoms with van der Waals surface area (Å²) in [5, 5.41) is 1.14. The zero-order valence-corrected chi connectivity index (χ0v) is 10.4. The number of ether oxygens (including phenoxy) is 1. The Labute approximate surface area is 100 Å². The van der Waals surface area contributed by atoms with E-state index in [-0.39, 0.29) is 6.04 Å². The van der Waals surface area contributed by atoms with Crippen LogP contribution in [0.4, 0.5) is 0 Å². The summed E-state index contributed by atoms with van der Waals surface area (Å²) in [6.07, 6.45) is 1.63. The van der Waals surface area contributed by atoms with Crippen molar-refractivity contribution in [2.45, 2.75) is 25.8 Å². The lowest BCUT2D eigenvalue weighted by Gasteiger charge is -2.14. The van der Waals surface area contributed by atoms with Crippen LogP contribution in [-0.2, 0) is 6.42 Å². The van der Waals surface area contributed by atoms with Gasteiger partial charge in [-0.3, -0.25) is 0 Å². The van der Waals surface area contributed by atoms with E-state index in [1.54, 1.807) is 13.2 Å². The molecular weight excluding hydrogens is 233 g/mol. The Kier molecular flexibility index (Phi) is 4.71. The van der Waals surface area contributed by atoms with Crippen LogP contribution in [0.5, 0.6) is 5.75 Å². The van der Waals surface area contributed by atoms with Crippen LogP contribution in [-0.4, -0.2) is 13.2 Å². The van der Waals surface area contributed by atoms with Crippen LogP contribution in [0.15, 0.2) is 12.1 Å². The van der Waals surface area contributed by atoms with Crippen molar-refractivity contribution in [1.29, 1.82) is 0 Å². The Morgan fingerprint density at radius 1 is 1.40 bits per heavy atom. The molecule has 2 nitrogen and oxygen atoms in total. The molecule has 0 aromatic heterocycles. The molecule has 0 saturated heterocycles. The third-order valence-corrected chi connectivity index (χ3v) is 2.79. The molecule has 0 spiro atoms. The summed E-state index contributed by atoms with van der Waals surface area (Å²) in [6.45, 7) is 2.04. The van der Waals surface area contributed by atoms with Gasteiger partial charge >= 0.3 is 0 Å². The molecule has 1 aromatic carbocycles. The standard InChI is InChI=1S/C11H15Cl2NO/c1-3-9(14)5-7-4-8(12)6-10(13)11(7)15-2/h4,6,9H,3,5,14H2,1-2H3. The summed E-state index contributed by atoms with van der Waals surface area (Å²) >= 11 is 11.9. The first-order valence-electron chi connectivity index (χ1n) is 4.86. The third kappa shape index (κ3) is 3.26. The molecule has 0 heterocycles. The first kappa shape index (κ1) is 12.6. The smallest absolute Gasteiger partial charge is 0.140 e. The summed E-state index contributed by atoms with van der Waals surface area (Å²) in [6, 6.07) is 3.62. The second-order valence-electron chi connectivity index (χ2n) is 3.45. The Bertz CT molecular complexity index is 342. The van der Waals surface area contributed by atoms with Crippen molar-refractivity contribution >= 4 is 23.2 Å². The highest BCUT2D eigenvalue weighted by atomic mass is 35.5. The average molecular weight is 248 g/mol. The van der Waals surface area contributed by atoms with Crippen LogP contribution in [0, 0.1) is 0 Å². The minimum Gasteiger partial charge on any atom is -0.495 e. The summed E-state index contributed by atoms with van der Waals surface area (Å²) < 4.78 is 5.23. The van der Waals surface area contributed by atoms with Crippen LogP contribution >= 0.6 is 23.2 Å². The van der Waals surface area contributed by atoms with Gasteiger partial charge in [0.2, 0.25) is 0 Å². The van der Waals surface area contributed by atoms with Gasteiger partial charge in [0.15, 0.2) is 0 Å². The quantitative estimate of drug-likeness (QED) is 0.887. The van der Waals surface area contributed by atoms with Crippen molar-refractivity contribution in [3.05, 3.63) is 27.7 Å². The van der Waals surface area contributed by atoms with Gasteiger partial charge in [0.1, 0.15) is 5.75 Å². The number of halogens is 2. The van der Waals surface area contributed by atoms with Crippen molar-refractivity contribution in [2.75, 3.05) is 7.11 Å². The molecule has 84 valence electrons. The lowest BCUT2D eigenvalue weighted by molar-refractivity contribution is 0.408. The molecule has 1 rings (SSSR count). The molecule has 15 heavy (non-hydrogen) atoms. The fourth-order valence-corrected chi connectivity index (χ4v) is 2.03. The van der Waals surface area contributed by atoms with Crippen LogP contribution in [0.2, 0.25) is 10.0 Å². The van der Waals surface area contributed by atoms with Gasteiger partial charge in [-0.25, -0.2) is 0 Å². The Morgan fingerprint density at radius 3 is 2.60 bits per heavy atom. The van der Waals surface area contributed by atoms with Gasteiger partial charge in [0, 0.05) is 11.1 Å². The summed E-state index contributed by atoms with van der Waals surface area (Å²) in [5.41, 5.74) is 6.85. The van der Waals surface area contributed by atoms with Gasteiger partial charge in [-0.05, 0) is 30.5 Å². The van der Waals surface area contributed by atoms with E-state index in [0.29, 0.717) is 15.8 Å². The second-order valence-corrected chi connectivity index (χ2v) is 4.30. The molecule has 1 unspecified atom stereocenters. The van der Waals surface area contributed by atoms with E-state index in [0.717, 1.165) is 18.4 Å². The lowest BCUT2D eigenvalue weighted by Crippen LogP contribution is -2.21. The third-order valence-electron chi connectivity index (χ3n) is 2.30. The zero-order valence-electron chi connectivity index (χ0n) is 8.89. The minimum absolute atomic E-state index is 0.105. The number of hydrogen-bond donors (Lipinski definition) is 1. The van der Waals surface area contributed by atoms with Crippen LogP contribution < -0.4 is 10.5 Å². The SMILES string of the molecule is CCC(N)Cc1cc(Cl)cc(Cl)c1OC. The second kappa shape index (κ2) is 5.59. The van der Waals surface area contributed by atoms with E-state index in [1.807, 2.05) is 13.0 Å². The molecule has 2 N–H and O–H groups in total. The predicted molar refractivity (Wildman–Crippen MR) is 65.0 cm³/mol. The molecule has 0 aliphatic carbocycles. The summed E-state index contributed by atoms with van der Waals surface area (Å²) in [5.74, 6) is 0.671. The molecule has 0 fully saturated rings. The largest absolute Gasteiger partial charge is 0.495 e. The first-order chi connectivity index (χ1) is 7.08. The van der Waals surface area contributed by atoms with Gasteiger partial charge in [0.05, 0.1) is 12.1 Å².